The number of carbonyl (C=O) groups is 1. The highest BCUT2D eigenvalue weighted by Gasteiger charge is 2.14. The van der Waals surface area contributed by atoms with E-state index in [1.807, 2.05) is 13.8 Å². The van der Waals surface area contributed by atoms with Crippen molar-refractivity contribution >= 4 is 45.3 Å². The van der Waals surface area contributed by atoms with Crippen molar-refractivity contribution in [1.29, 1.82) is 0 Å². The first kappa shape index (κ1) is 11.4. The van der Waals surface area contributed by atoms with E-state index in [1.54, 1.807) is 0 Å². The summed E-state index contributed by atoms with van der Waals surface area (Å²) < 4.78 is 0.247. The average molecular weight is 275 g/mol. The molecule has 0 bridgehead atoms. The van der Waals surface area contributed by atoms with Crippen molar-refractivity contribution in [1.82, 2.24) is 15.2 Å². The van der Waals surface area contributed by atoms with E-state index in [2.05, 4.69) is 20.5 Å². The number of rotatable bonds is 2. The van der Waals surface area contributed by atoms with Crippen LogP contribution < -0.4 is 5.32 Å². The zero-order valence-corrected chi connectivity index (χ0v) is 10.8. The molecule has 0 spiro atoms. The van der Waals surface area contributed by atoms with Crippen LogP contribution in [-0.4, -0.2) is 21.1 Å². The van der Waals surface area contributed by atoms with Crippen LogP contribution in [0, 0.1) is 13.8 Å². The molecule has 5 nitrogen and oxygen atoms in total. The van der Waals surface area contributed by atoms with Crippen LogP contribution in [0.1, 0.15) is 20.4 Å². The molecular weight excluding hydrogens is 268 g/mol. The lowest BCUT2D eigenvalue weighted by molar-refractivity contribution is 0.102. The molecule has 84 valence electrons. The van der Waals surface area contributed by atoms with Gasteiger partial charge in [0.25, 0.3) is 5.91 Å². The van der Waals surface area contributed by atoms with Crippen LogP contribution in [0.2, 0.25) is 4.47 Å². The molecular formula is C8H7ClN4OS2. The highest BCUT2D eigenvalue weighted by molar-refractivity contribution is 7.17. The van der Waals surface area contributed by atoms with Gasteiger partial charge in [-0.1, -0.05) is 11.3 Å². The van der Waals surface area contributed by atoms with Crippen molar-refractivity contribution in [3.05, 3.63) is 20.0 Å². The van der Waals surface area contributed by atoms with E-state index >= 15 is 0 Å². The summed E-state index contributed by atoms with van der Waals surface area (Å²) in [5.41, 5.74) is 0.913. The summed E-state index contributed by atoms with van der Waals surface area (Å²) in [6.45, 7) is 3.84. The van der Waals surface area contributed by atoms with Gasteiger partial charge in [-0.15, -0.1) is 21.5 Å². The number of halogens is 1. The number of amides is 1. The fraction of sp³-hybridized carbons (Fsp3) is 0.250. The topological polar surface area (TPSA) is 67.8 Å². The van der Waals surface area contributed by atoms with Crippen LogP contribution in [-0.2, 0) is 0 Å². The zero-order valence-electron chi connectivity index (χ0n) is 8.44. The molecule has 0 saturated carbocycles. The summed E-state index contributed by atoms with van der Waals surface area (Å²) in [6, 6.07) is 0. The monoisotopic (exact) mass is 274 g/mol. The highest BCUT2D eigenvalue weighted by Crippen LogP contribution is 2.22. The number of aromatic nitrogens is 3. The van der Waals surface area contributed by atoms with E-state index in [0.29, 0.717) is 5.13 Å². The Morgan fingerprint density at radius 1 is 1.31 bits per heavy atom. The fourth-order valence-corrected chi connectivity index (χ4v) is 2.51. The van der Waals surface area contributed by atoms with Crippen molar-refractivity contribution < 1.29 is 4.79 Å². The van der Waals surface area contributed by atoms with Crippen molar-refractivity contribution in [2.75, 3.05) is 5.32 Å². The minimum Gasteiger partial charge on any atom is -0.296 e. The number of anilines is 1. The lowest BCUT2D eigenvalue weighted by atomic mass is 10.4. The first-order valence-corrected chi connectivity index (χ1v) is 6.31. The largest absolute Gasteiger partial charge is 0.296 e. The molecule has 0 radical (unpaired) electrons. The quantitative estimate of drug-likeness (QED) is 0.914. The van der Waals surface area contributed by atoms with Crippen molar-refractivity contribution in [2.45, 2.75) is 13.8 Å². The zero-order chi connectivity index (χ0) is 11.7. The SMILES string of the molecule is Cc1nc(NC(=O)c2nnc(Cl)s2)sc1C. The Labute approximate surface area is 105 Å². The van der Waals surface area contributed by atoms with E-state index in [0.717, 1.165) is 21.9 Å². The maximum atomic E-state index is 11.7. The van der Waals surface area contributed by atoms with Gasteiger partial charge < -0.3 is 0 Å². The van der Waals surface area contributed by atoms with Crippen LogP contribution in [0.25, 0.3) is 0 Å². The molecule has 0 saturated heterocycles. The molecule has 0 atom stereocenters. The summed E-state index contributed by atoms with van der Waals surface area (Å²) >= 11 is 8.05. The summed E-state index contributed by atoms with van der Waals surface area (Å²) in [7, 11) is 0. The standard InChI is InChI=1S/C8H7ClN4OS2/c1-3-4(2)15-8(10-3)11-5(14)6-12-13-7(9)16-6/h1-2H3,(H,10,11,14). The minimum atomic E-state index is -0.335. The van der Waals surface area contributed by atoms with E-state index in [9.17, 15) is 4.79 Å². The Morgan fingerprint density at radius 3 is 2.56 bits per heavy atom. The second-order valence-corrected chi connectivity index (χ2v) is 5.74. The number of hydrogen-bond donors (Lipinski definition) is 1. The van der Waals surface area contributed by atoms with E-state index < -0.39 is 0 Å². The number of aryl methyl sites for hydroxylation is 2. The molecule has 0 fully saturated rings. The van der Waals surface area contributed by atoms with Crippen LogP contribution in [0.4, 0.5) is 5.13 Å². The molecule has 0 aromatic carbocycles. The maximum Gasteiger partial charge on any atom is 0.288 e. The molecule has 2 rings (SSSR count). The fourth-order valence-electron chi connectivity index (χ4n) is 0.974. The first-order chi connectivity index (χ1) is 7.56. The number of hydrogen-bond acceptors (Lipinski definition) is 6. The summed E-state index contributed by atoms with van der Waals surface area (Å²) in [6.07, 6.45) is 0. The van der Waals surface area contributed by atoms with Gasteiger partial charge in [0, 0.05) is 4.88 Å². The molecule has 1 N–H and O–H groups in total. The molecule has 0 aliphatic heterocycles. The number of carbonyl (C=O) groups excluding carboxylic acids is 1. The van der Waals surface area contributed by atoms with Gasteiger partial charge in [0.2, 0.25) is 9.47 Å². The van der Waals surface area contributed by atoms with Gasteiger partial charge in [0.1, 0.15) is 0 Å². The van der Waals surface area contributed by atoms with Gasteiger partial charge in [-0.3, -0.25) is 10.1 Å². The minimum absolute atomic E-state index is 0.232. The molecule has 0 aliphatic carbocycles. The third-order valence-electron chi connectivity index (χ3n) is 1.84. The summed E-state index contributed by atoms with van der Waals surface area (Å²) in [5, 5.41) is 10.6. The normalized spacial score (nSPS) is 10.4. The Morgan fingerprint density at radius 2 is 2.06 bits per heavy atom. The molecule has 16 heavy (non-hydrogen) atoms. The van der Waals surface area contributed by atoms with Crippen LogP contribution in [0.15, 0.2) is 0 Å². The third-order valence-corrected chi connectivity index (χ3v) is 3.85. The van der Waals surface area contributed by atoms with Gasteiger partial charge in [-0.2, -0.15) is 0 Å². The van der Waals surface area contributed by atoms with E-state index in [-0.39, 0.29) is 15.4 Å². The van der Waals surface area contributed by atoms with Gasteiger partial charge >= 0.3 is 0 Å². The molecule has 2 aromatic rings. The highest BCUT2D eigenvalue weighted by atomic mass is 35.5. The van der Waals surface area contributed by atoms with E-state index in [1.165, 1.54) is 11.3 Å². The van der Waals surface area contributed by atoms with Crippen LogP contribution in [0.3, 0.4) is 0 Å². The summed E-state index contributed by atoms with van der Waals surface area (Å²) in [5.74, 6) is -0.335. The van der Waals surface area contributed by atoms with Crippen molar-refractivity contribution in [3.63, 3.8) is 0 Å². The first-order valence-electron chi connectivity index (χ1n) is 4.30. The predicted octanol–water partition coefficient (Wildman–Crippen LogP) is 2.52. The third kappa shape index (κ3) is 2.37. The van der Waals surface area contributed by atoms with Gasteiger partial charge in [0.15, 0.2) is 5.13 Å². The van der Waals surface area contributed by atoms with Crippen molar-refractivity contribution in [3.8, 4) is 0 Å². The lowest BCUT2D eigenvalue weighted by Crippen LogP contribution is -2.11. The average Bonchev–Trinajstić information content (AvgIpc) is 2.75. The Balaban J connectivity index is 2.13. The number of nitrogens with zero attached hydrogens (tertiary/aromatic N) is 3. The summed E-state index contributed by atoms with van der Waals surface area (Å²) in [4.78, 5) is 16.9. The number of nitrogens with one attached hydrogen (secondary N) is 1. The van der Waals surface area contributed by atoms with Crippen molar-refractivity contribution in [2.24, 2.45) is 0 Å². The molecule has 2 heterocycles. The predicted molar refractivity (Wildman–Crippen MR) is 64.5 cm³/mol. The smallest absolute Gasteiger partial charge is 0.288 e. The van der Waals surface area contributed by atoms with Crippen LogP contribution in [0.5, 0.6) is 0 Å². The Kier molecular flexibility index (Phi) is 3.17. The molecule has 2 aromatic heterocycles. The molecule has 0 aliphatic rings. The maximum absolute atomic E-state index is 11.7. The Hall–Kier alpha value is -1.05. The second kappa shape index (κ2) is 4.44. The van der Waals surface area contributed by atoms with Gasteiger partial charge in [0.05, 0.1) is 5.69 Å². The molecule has 0 unspecified atom stereocenters. The lowest BCUT2D eigenvalue weighted by Gasteiger charge is -1.95. The Bertz CT molecular complexity index is 516. The van der Waals surface area contributed by atoms with E-state index in [4.69, 9.17) is 11.6 Å². The number of thiazole rings is 1. The molecule has 1 amide bonds. The van der Waals surface area contributed by atoms with Gasteiger partial charge in [-0.25, -0.2) is 4.98 Å². The van der Waals surface area contributed by atoms with Gasteiger partial charge in [-0.05, 0) is 25.4 Å². The second-order valence-electron chi connectivity index (χ2n) is 2.97. The molecule has 8 heteroatoms. The van der Waals surface area contributed by atoms with Crippen LogP contribution >= 0.6 is 34.3 Å².